The molecule has 3 saturated heterocycles. The van der Waals surface area contributed by atoms with E-state index in [4.69, 9.17) is 9.47 Å². The van der Waals surface area contributed by atoms with Crippen LogP contribution in [0.25, 0.3) is 0 Å². The number of nitrogens with zero attached hydrogens (tertiary/aromatic N) is 2. The van der Waals surface area contributed by atoms with Gasteiger partial charge in [-0.3, -0.25) is 19.3 Å². The van der Waals surface area contributed by atoms with Crippen molar-refractivity contribution >= 4 is 17.7 Å². The average Bonchev–Trinajstić information content (AvgIpc) is 3.56. The zero-order valence-corrected chi connectivity index (χ0v) is 21.0. The first-order chi connectivity index (χ1) is 17.9. The number of piperidine rings is 1. The molecule has 3 amide bonds. The summed E-state index contributed by atoms with van der Waals surface area (Å²) in [6.45, 7) is 3.55. The van der Waals surface area contributed by atoms with Gasteiger partial charge in [-0.15, -0.1) is 0 Å². The summed E-state index contributed by atoms with van der Waals surface area (Å²) in [5.74, 6) is -1.52. The van der Waals surface area contributed by atoms with Crippen LogP contribution in [0.3, 0.4) is 0 Å². The molecule has 0 radical (unpaired) electrons. The second-order valence-electron chi connectivity index (χ2n) is 9.92. The fourth-order valence-corrected chi connectivity index (χ4v) is 5.51. The maximum atomic E-state index is 14.2. The molecule has 5 rings (SSSR count). The Morgan fingerprint density at radius 3 is 2.41 bits per heavy atom. The minimum Gasteiger partial charge on any atom is -0.376 e. The molecule has 0 saturated carbocycles. The monoisotopic (exact) mass is 509 g/mol. The molecule has 2 atom stereocenters. The minimum atomic E-state index is -1.03. The Hall–Kier alpha value is -3.30. The number of amides is 3. The molecule has 9 heteroatoms. The van der Waals surface area contributed by atoms with Crippen LogP contribution in [0.1, 0.15) is 52.0 Å². The summed E-state index contributed by atoms with van der Waals surface area (Å²) in [5.41, 5.74) is 0.302. The molecule has 0 aliphatic carbocycles. The van der Waals surface area contributed by atoms with Crippen molar-refractivity contribution < 1.29 is 28.2 Å². The normalized spacial score (nSPS) is 22.9. The molecule has 3 aliphatic heterocycles. The van der Waals surface area contributed by atoms with Gasteiger partial charge in [-0.05, 0) is 43.5 Å². The number of carbonyl (C=O) groups excluding carboxylic acids is 3. The molecule has 0 unspecified atom stereocenters. The van der Waals surface area contributed by atoms with Crippen molar-refractivity contribution in [2.75, 3.05) is 32.8 Å². The van der Waals surface area contributed by atoms with Gasteiger partial charge < -0.3 is 19.7 Å². The van der Waals surface area contributed by atoms with E-state index in [-0.39, 0.29) is 43.2 Å². The third-order valence-electron chi connectivity index (χ3n) is 7.62. The Balaban J connectivity index is 1.36. The van der Waals surface area contributed by atoms with Gasteiger partial charge in [0.25, 0.3) is 11.8 Å². The van der Waals surface area contributed by atoms with Crippen LogP contribution in [0.2, 0.25) is 0 Å². The van der Waals surface area contributed by atoms with Crippen molar-refractivity contribution in [2.45, 2.75) is 50.5 Å². The lowest BCUT2D eigenvalue weighted by Crippen LogP contribution is -2.60. The number of ether oxygens (including phenoxy) is 2. The third-order valence-corrected chi connectivity index (χ3v) is 7.62. The lowest BCUT2D eigenvalue weighted by Gasteiger charge is -2.44. The van der Waals surface area contributed by atoms with E-state index in [1.807, 2.05) is 19.1 Å². The summed E-state index contributed by atoms with van der Waals surface area (Å²) < 4.78 is 26.1. The quantitative estimate of drug-likeness (QED) is 0.670. The summed E-state index contributed by atoms with van der Waals surface area (Å²) in [5, 5.41) is 2.95. The average molecular weight is 510 g/mol. The summed E-state index contributed by atoms with van der Waals surface area (Å²) >= 11 is 0. The van der Waals surface area contributed by atoms with Crippen LogP contribution >= 0.6 is 0 Å². The third kappa shape index (κ3) is 4.98. The van der Waals surface area contributed by atoms with Crippen LogP contribution in [0.15, 0.2) is 48.5 Å². The fourth-order valence-electron chi connectivity index (χ4n) is 5.51. The van der Waals surface area contributed by atoms with Crippen LogP contribution in [-0.2, 0) is 14.3 Å². The Bertz CT molecular complexity index is 1170. The van der Waals surface area contributed by atoms with Crippen molar-refractivity contribution in [3.63, 3.8) is 0 Å². The molecule has 8 nitrogen and oxygen atoms in total. The van der Waals surface area contributed by atoms with E-state index in [0.717, 1.165) is 18.4 Å². The van der Waals surface area contributed by atoms with Crippen LogP contribution < -0.4 is 5.32 Å². The number of nitrogens with one attached hydrogen (secondary N) is 1. The molecular formula is C28H32FN3O5. The van der Waals surface area contributed by atoms with Gasteiger partial charge in [0.2, 0.25) is 5.91 Å². The Labute approximate surface area is 215 Å². The molecule has 0 bridgehead atoms. The predicted octanol–water partition coefficient (Wildman–Crippen LogP) is 2.90. The molecule has 1 spiro atoms. The number of rotatable bonds is 5. The molecule has 3 fully saturated rings. The fraction of sp³-hybridized carbons (Fsp3) is 0.464. The first-order valence-corrected chi connectivity index (χ1v) is 12.9. The van der Waals surface area contributed by atoms with E-state index in [1.54, 1.807) is 34.1 Å². The van der Waals surface area contributed by atoms with Gasteiger partial charge in [0.05, 0.1) is 18.3 Å². The topological polar surface area (TPSA) is 88.2 Å². The molecule has 3 aliphatic rings. The molecule has 196 valence electrons. The standard InChI is InChI=1S/C28H32FN3O5/c1-19-7-2-3-9-21(19)27(35)32-24(25(33)30-17-20-8-6-16-36-20)18-37-28(32)12-14-31(15-13-28)26(34)22-10-4-5-11-23(22)29/h2-5,7,9-11,20,24H,6,8,12-18H2,1H3,(H,30,33)/t20-,24-/m0/s1. The van der Waals surface area contributed by atoms with Crippen molar-refractivity contribution in [3.8, 4) is 0 Å². The van der Waals surface area contributed by atoms with Crippen LogP contribution in [-0.4, -0.2) is 78.2 Å². The highest BCUT2D eigenvalue weighted by Gasteiger charge is 2.54. The van der Waals surface area contributed by atoms with E-state index < -0.39 is 23.5 Å². The maximum Gasteiger partial charge on any atom is 0.257 e. The van der Waals surface area contributed by atoms with Crippen LogP contribution in [0, 0.1) is 12.7 Å². The smallest absolute Gasteiger partial charge is 0.257 e. The van der Waals surface area contributed by atoms with E-state index in [2.05, 4.69) is 5.32 Å². The molecular weight excluding hydrogens is 477 g/mol. The van der Waals surface area contributed by atoms with E-state index in [1.165, 1.54) is 12.1 Å². The second kappa shape index (κ2) is 10.6. The maximum absolute atomic E-state index is 14.2. The van der Waals surface area contributed by atoms with Gasteiger partial charge in [-0.25, -0.2) is 4.39 Å². The molecule has 0 aromatic heterocycles. The highest BCUT2D eigenvalue weighted by molar-refractivity contribution is 5.99. The molecule has 2 aromatic carbocycles. The highest BCUT2D eigenvalue weighted by atomic mass is 19.1. The molecule has 2 aromatic rings. The van der Waals surface area contributed by atoms with Gasteiger partial charge in [-0.2, -0.15) is 0 Å². The number of aryl methyl sites for hydroxylation is 1. The SMILES string of the molecule is Cc1ccccc1C(=O)N1[C@H](C(=O)NC[C@@H]2CCCO2)COC12CCN(C(=O)c1ccccc1F)CC2. The highest BCUT2D eigenvalue weighted by Crippen LogP contribution is 2.39. The van der Waals surface area contributed by atoms with Gasteiger partial charge in [0, 0.05) is 44.6 Å². The second-order valence-corrected chi connectivity index (χ2v) is 9.92. The van der Waals surface area contributed by atoms with E-state index in [0.29, 0.717) is 31.6 Å². The lowest BCUT2D eigenvalue weighted by molar-refractivity contribution is -0.128. The molecule has 3 heterocycles. The van der Waals surface area contributed by atoms with Gasteiger partial charge in [0.1, 0.15) is 17.6 Å². The number of hydrogen-bond acceptors (Lipinski definition) is 5. The van der Waals surface area contributed by atoms with Crippen LogP contribution in [0.5, 0.6) is 0 Å². The Morgan fingerprint density at radius 2 is 1.73 bits per heavy atom. The predicted molar refractivity (Wildman–Crippen MR) is 133 cm³/mol. The lowest BCUT2D eigenvalue weighted by atomic mass is 9.95. The first kappa shape index (κ1) is 25.4. The zero-order chi connectivity index (χ0) is 26.0. The van der Waals surface area contributed by atoms with Crippen molar-refractivity contribution in [1.82, 2.24) is 15.1 Å². The van der Waals surface area contributed by atoms with Crippen molar-refractivity contribution in [1.29, 1.82) is 0 Å². The van der Waals surface area contributed by atoms with Crippen molar-refractivity contribution in [3.05, 3.63) is 71.0 Å². The number of halogens is 1. The van der Waals surface area contributed by atoms with Crippen LogP contribution in [0.4, 0.5) is 4.39 Å². The van der Waals surface area contributed by atoms with Gasteiger partial charge >= 0.3 is 0 Å². The van der Waals surface area contributed by atoms with E-state index in [9.17, 15) is 18.8 Å². The Morgan fingerprint density at radius 1 is 1.03 bits per heavy atom. The largest absolute Gasteiger partial charge is 0.376 e. The molecule has 1 N–H and O–H groups in total. The number of likely N-dealkylation sites (tertiary alicyclic amines) is 1. The Kier molecular flexibility index (Phi) is 7.26. The van der Waals surface area contributed by atoms with Crippen molar-refractivity contribution in [2.24, 2.45) is 0 Å². The molecule has 37 heavy (non-hydrogen) atoms. The minimum absolute atomic E-state index is 0.0185. The summed E-state index contributed by atoms with van der Waals surface area (Å²) in [6, 6.07) is 12.4. The summed E-state index contributed by atoms with van der Waals surface area (Å²) in [4.78, 5) is 43.3. The zero-order valence-electron chi connectivity index (χ0n) is 21.0. The van der Waals surface area contributed by atoms with Gasteiger partial charge in [-0.1, -0.05) is 30.3 Å². The number of benzene rings is 2. The van der Waals surface area contributed by atoms with E-state index >= 15 is 0 Å². The number of hydrogen-bond donors (Lipinski definition) is 1. The summed E-state index contributed by atoms with van der Waals surface area (Å²) in [7, 11) is 0. The number of carbonyl (C=O) groups is 3. The summed E-state index contributed by atoms with van der Waals surface area (Å²) in [6.07, 6.45) is 2.48. The first-order valence-electron chi connectivity index (χ1n) is 12.9. The van der Waals surface area contributed by atoms with Gasteiger partial charge in [0.15, 0.2) is 0 Å².